The first-order valence-electron chi connectivity index (χ1n) is 7.46. The maximum absolute atomic E-state index is 12.0. The summed E-state index contributed by atoms with van der Waals surface area (Å²) >= 11 is 0. The molecule has 0 fully saturated rings. The Labute approximate surface area is 135 Å². The van der Waals surface area contributed by atoms with E-state index in [1.54, 1.807) is 42.2 Å². The quantitative estimate of drug-likeness (QED) is 0.712. The topological polar surface area (TPSA) is 90.6 Å². The highest BCUT2D eigenvalue weighted by Crippen LogP contribution is 2.19. The highest BCUT2D eigenvalue weighted by molar-refractivity contribution is 5.91. The Morgan fingerprint density at radius 1 is 1.43 bits per heavy atom. The number of likely N-dealkylation sites (N-methyl/N-ethyl adjacent to an activating group) is 1. The first kappa shape index (κ1) is 17.0. The van der Waals surface area contributed by atoms with Gasteiger partial charge in [0.15, 0.2) is 5.82 Å². The van der Waals surface area contributed by atoms with Crippen LogP contribution < -0.4 is 5.32 Å². The van der Waals surface area contributed by atoms with Crippen molar-refractivity contribution in [3.8, 4) is 5.75 Å². The Morgan fingerprint density at radius 2 is 2.22 bits per heavy atom. The van der Waals surface area contributed by atoms with Crippen molar-refractivity contribution in [1.29, 1.82) is 0 Å². The third kappa shape index (κ3) is 5.08. The van der Waals surface area contributed by atoms with Gasteiger partial charge in [-0.05, 0) is 24.2 Å². The van der Waals surface area contributed by atoms with Gasteiger partial charge < -0.3 is 15.5 Å². The van der Waals surface area contributed by atoms with E-state index in [-0.39, 0.29) is 18.2 Å². The summed E-state index contributed by atoms with van der Waals surface area (Å²) in [6, 6.07) is 8.21. The van der Waals surface area contributed by atoms with Crippen LogP contribution in [-0.4, -0.2) is 50.4 Å². The lowest BCUT2D eigenvalue weighted by Gasteiger charge is -2.23. The number of phenols is 1. The molecular weight excluding hydrogens is 296 g/mol. The summed E-state index contributed by atoms with van der Waals surface area (Å²) in [5.74, 6) is 0.424. The molecule has 0 aliphatic heterocycles. The molecule has 0 aliphatic carbocycles. The lowest BCUT2D eigenvalue weighted by Crippen LogP contribution is -2.36. The van der Waals surface area contributed by atoms with Crippen molar-refractivity contribution in [2.24, 2.45) is 7.05 Å². The molecule has 1 atom stereocenters. The van der Waals surface area contributed by atoms with Crippen LogP contribution in [0, 0.1) is 0 Å². The maximum Gasteiger partial charge on any atom is 0.239 e. The smallest absolute Gasteiger partial charge is 0.239 e. The number of hydrogen-bond acceptors (Lipinski definition) is 5. The minimum Gasteiger partial charge on any atom is -0.508 e. The van der Waals surface area contributed by atoms with E-state index in [0.717, 1.165) is 0 Å². The molecule has 0 aliphatic rings. The lowest BCUT2D eigenvalue weighted by atomic mass is 10.1. The molecule has 0 radical (unpaired) electrons. The molecule has 3 N–H and O–H groups in total. The van der Waals surface area contributed by atoms with E-state index in [2.05, 4.69) is 10.4 Å². The molecule has 1 aromatic heterocycles. The summed E-state index contributed by atoms with van der Waals surface area (Å²) in [5.41, 5.74) is 0.619. The largest absolute Gasteiger partial charge is 0.508 e. The highest BCUT2D eigenvalue weighted by Gasteiger charge is 2.16. The van der Waals surface area contributed by atoms with E-state index in [1.807, 2.05) is 11.8 Å². The second-order valence-electron chi connectivity index (χ2n) is 5.36. The van der Waals surface area contributed by atoms with Crippen molar-refractivity contribution < 1.29 is 15.0 Å². The minimum atomic E-state index is -0.773. The SMILES string of the molecule is CCN(CC(=O)Nc1ccn(C)n1)CC(O)c1cccc(O)c1. The first-order valence-corrected chi connectivity index (χ1v) is 7.46. The van der Waals surface area contributed by atoms with E-state index >= 15 is 0 Å². The summed E-state index contributed by atoms with van der Waals surface area (Å²) in [5, 5.41) is 26.5. The van der Waals surface area contributed by atoms with Gasteiger partial charge in [0.1, 0.15) is 5.75 Å². The van der Waals surface area contributed by atoms with Crippen LogP contribution in [0.3, 0.4) is 0 Å². The molecule has 2 rings (SSSR count). The molecule has 1 heterocycles. The monoisotopic (exact) mass is 318 g/mol. The van der Waals surface area contributed by atoms with Crippen LogP contribution in [0.15, 0.2) is 36.5 Å². The zero-order valence-electron chi connectivity index (χ0n) is 13.3. The molecule has 124 valence electrons. The molecule has 0 saturated heterocycles. The number of carbonyl (C=O) groups excluding carboxylic acids is 1. The van der Waals surface area contributed by atoms with Gasteiger partial charge >= 0.3 is 0 Å². The molecule has 1 unspecified atom stereocenters. The van der Waals surface area contributed by atoms with E-state index in [1.165, 1.54) is 6.07 Å². The van der Waals surface area contributed by atoms with Crippen LogP contribution in [-0.2, 0) is 11.8 Å². The fourth-order valence-corrected chi connectivity index (χ4v) is 2.25. The number of carbonyl (C=O) groups is 1. The number of rotatable bonds is 7. The number of hydrogen-bond donors (Lipinski definition) is 3. The lowest BCUT2D eigenvalue weighted by molar-refractivity contribution is -0.117. The summed E-state index contributed by atoms with van der Waals surface area (Å²) in [6.45, 7) is 2.99. The second-order valence-corrected chi connectivity index (χ2v) is 5.36. The van der Waals surface area contributed by atoms with Crippen molar-refractivity contribution in [2.75, 3.05) is 25.0 Å². The van der Waals surface area contributed by atoms with Crippen LogP contribution in [0.25, 0.3) is 0 Å². The first-order chi connectivity index (χ1) is 11.0. The second kappa shape index (κ2) is 7.75. The van der Waals surface area contributed by atoms with Crippen molar-refractivity contribution in [1.82, 2.24) is 14.7 Å². The van der Waals surface area contributed by atoms with Gasteiger partial charge in [-0.3, -0.25) is 14.4 Å². The van der Waals surface area contributed by atoms with Crippen LogP contribution in [0.2, 0.25) is 0 Å². The number of phenolic OH excluding ortho intramolecular Hbond substituents is 1. The van der Waals surface area contributed by atoms with Crippen LogP contribution in [0.1, 0.15) is 18.6 Å². The predicted molar refractivity (Wildman–Crippen MR) is 87.0 cm³/mol. The number of aliphatic hydroxyl groups is 1. The van der Waals surface area contributed by atoms with Gasteiger partial charge in [-0.15, -0.1) is 0 Å². The summed E-state index contributed by atoms with van der Waals surface area (Å²) in [6.07, 6.45) is 0.975. The molecule has 7 nitrogen and oxygen atoms in total. The number of aliphatic hydroxyl groups excluding tert-OH is 1. The van der Waals surface area contributed by atoms with Crippen molar-refractivity contribution >= 4 is 11.7 Å². The van der Waals surface area contributed by atoms with Gasteiger partial charge in [-0.1, -0.05) is 19.1 Å². The maximum atomic E-state index is 12.0. The number of anilines is 1. The minimum absolute atomic E-state index is 0.109. The average molecular weight is 318 g/mol. The van der Waals surface area contributed by atoms with E-state index in [4.69, 9.17) is 0 Å². The third-order valence-corrected chi connectivity index (χ3v) is 3.48. The van der Waals surface area contributed by atoms with Crippen molar-refractivity contribution in [2.45, 2.75) is 13.0 Å². The number of amides is 1. The van der Waals surface area contributed by atoms with Gasteiger partial charge in [0.05, 0.1) is 12.6 Å². The summed E-state index contributed by atoms with van der Waals surface area (Å²) in [7, 11) is 1.78. The van der Waals surface area contributed by atoms with Gasteiger partial charge in [0.2, 0.25) is 5.91 Å². The molecular formula is C16H22N4O3. The standard InChI is InChI=1S/C16H22N4O3/c1-3-20(10-14(22)12-5-4-6-13(21)9-12)11-16(23)17-15-7-8-19(2)18-15/h4-9,14,21-22H,3,10-11H2,1-2H3,(H,17,18,23). The zero-order chi connectivity index (χ0) is 16.8. The number of aromatic nitrogens is 2. The fraction of sp³-hybridized carbons (Fsp3) is 0.375. The zero-order valence-corrected chi connectivity index (χ0v) is 13.3. The number of aryl methyl sites for hydroxylation is 1. The van der Waals surface area contributed by atoms with Crippen molar-refractivity contribution in [3.05, 3.63) is 42.1 Å². The molecule has 1 aromatic carbocycles. The Kier molecular flexibility index (Phi) is 5.72. The van der Waals surface area contributed by atoms with Gasteiger partial charge in [-0.25, -0.2) is 0 Å². The number of benzene rings is 1. The molecule has 7 heteroatoms. The molecule has 2 aromatic rings. The summed E-state index contributed by atoms with van der Waals surface area (Å²) in [4.78, 5) is 13.9. The summed E-state index contributed by atoms with van der Waals surface area (Å²) < 4.78 is 1.61. The molecule has 1 amide bonds. The molecule has 0 spiro atoms. The molecule has 23 heavy (non-hydrogen) atoms. The van der Waals surface area contributed by atoms with Crippen LogP contribution >= 0.6 is 0 Å². The fourth-order valence-electron chi connectivity index (χ4n) is 2.25. The number of nitrogens with one attached hydrogen (secondary N) is 1. The van der Waals surface area contributed by atoms with Gasteiger partial charge in [0, 0.05) is 25.9 Å². The van der Waals surface area contributed by atoms with E-state index < -0.39 is 6.10 Å². The average Bonchev–Trinajstić information content (AvgIpc) is 2.91. The van der Waals surface area contributed by atoms with Crippen molar-refractivity contribution in [3.63, 3.8) is 0 Å². The molecule has 0 saturated carbocycles. The Bertz CT molecular complexity index is 656. The van der Waals surface area contributed by atoms with Crippen LogP contribution in [0.5, 0.6) is 5.75 Å². The van der Waals surface area contributed by atoms with E-state index in [0.29, 0.717) is 24.5 Å². The Balaban J connectivity index is 1.90. The Morgan fingerprint density at radius 3 is 2.83 bits per heavy atom. The molecule has 0 bridgehead atoms. The third-order valence-electron chi connectivity index (χ3n) is 3.48. The Hall–Kier alpha value is -2.38. The van der Waals surface area contributed by atoms with Crippen LogP contribution in [0.4, 0.5) is 5.82 Å². The number of nitrogens with zero attached hydrogens (tertiary/aromatic N) is 3. The van der Waals surface area contributed by atoms with E-state index in [9.17, 15) is 15.0 Å². The normalized spacial score (nSPS) is 12.3. The highest BCUT2D eigenvalue weighted by atomic mass is 16.3. The predicted octanol–water partition coefficient (Wildman–Crippen LogP) is 1.12. The number of aromatic hydroxyl groups is 1. The van der Waals surface area contributed by atoms with Gasteiger partial charge in [0.25, 0.3) is 0 Å². The van der Waals surface area contributed by atoms with Gasteiger partial charge in [-0.2, -0.15) is 5.10 Å².